The summed E-state index contributed by atoms with van der Waals surface area (Å²) in [6.07, 6.45) is 3.62. The first kappa shape index (κ1) is 42.1. The molecule has 1 fully saturated rings. The van der Waals surface area contributed by atoms with E-state index in [9.17, 15) is 32.4 Å². The fraction of sp³-hybridized carbons (Fsp3) is 0.694. The minimum Gasteiger partial charge on any atom is -0.346 e. The van der Waals surface area contributed by atoms with E-state index in [0.717, 1.165) is 11.3 Å². The molecular weight excluding hydrogens is 693 g/mol. The molecule has 3 rings (SSSR count). The van der Waals surface area contributed by atoms with Crippen LogP contribution in [-0.4, -0.2) is 91.0 Å². The molecule has 51 heavy (non-hydrogen) atoms. The average molecular weight is 751 g/mol. The minimum atomic E-state index is -3.69. The molecule has 286 valence electrons. The highest BCUT2D eigenvalue weighted by molar-refractivity contribution is 7.89. The van der Waals surface area contributed by atoms with Crippen LogP contribution in [0.25, 0.3) is 0 Å². The number of likely N-dealkylation sites (tertiary alicyclic amines) is 1. The van der Waals surface area contributed by atoms with E-state index in [0.29, 0.717) is 17.7 Å². The van der Waals surface area contributed by atoms with Crippen LogP contribution in [0, 0.1) is 22.7 Å². The van der Waals surface area contributed by atoms with E-state index in [1.807, 2.05) is 62.3 Å². The molecule has 1 aromatic heterocycles. The molecule has 0 aliphatic carbocycles. The minimum absolute atomic E-state index is 0.0164. The van der Waals surface area contributed by atoms with Crippen molar-refractivity contribution in [3.8, 4) is 0 Å². The Bertz CT molecular complexity index is 1560. The highest BCUT2D eigenvalue weighted by Gasteiger charge is 2.48. The third kappa shape index (κ3) is 10.2. The summed E-state index contributed by atoms with van der Waals surface area (Å²) in [6, 6.07) is -2.68. The zero-order valence-corrected chi connectivity index (χ0v) is 33.3. The van der Waals surface area contributed by atoms with Gasteiger partial charge in [0.2, 0.25) is 27.6 Å². The first-order valence-electron chi connectivity index (χ1n) is 17.8. The second-order valence-electron chi connectivity index (χ2n) is 16.1. The molecule has 2 aliphatic rings. The van der Waals surface area contributed by atoms with E-state index in [4.69, 9.17) is 0 Å². The van der Waals surface area contributed by atoms with Crippen molar-refractivity contribution in [1.29, 1.82) is 0 Å². The van der Waals surface area contributed by atoms with Crippen LogP contribution >= 0.6 is 11.3 Å². The molecule has 15 heteroatoms. The summed E-state index contributed by atoms with van der Waals surface area (Å²) >= 11 is 1.38. The number of hydrogen-bond donors (Lipinski definition) is 4. The van der Waals surface area contributed by atoms with Crippen molar-refractivity contribution < 1.29 is 32.4 Å². The molecule has 13 nitrogen and oxygen atoms in total. The lowest BCUT2D eigenvalue weighted by molar-refractivity contribution is -0.144. The highest BCUT2D eigenvalue weighted by Crippen LogP contribution is 2.36. The zero-order valence-electron chi connectivity index (χ0n) is 31.6. The van der Waals surface area contributed by atoms with Crippen LogP contribution in [-0.2, 0) is 35.7 Å². The number of ketones is 1. The summed E-state index contributed by atoms with van der Waals surface area (Å²) in [6.45, 7) is 21.3. The summed E-state index contributed by atoms with van der Waals surface area (Å²) in [5.74, 6) is -2.74. The number of urea groups is 1. The van der Waals surface area contributed by atoms with Crippen molar-refractivity contribution in [2.75, 3.05) is 19.6 Å². The van der Waals surface area contributed by atoms with Crippen LogP contribution in [0.1, 0.15) is 92.9 Å². The smallest absolute Gasteiger partial charge is 0.315 e. The lowest BCUT2D eigenvalue weighted by atomic mass is 9.84. The predicted molar refractivity (Wildman–Crippen MR) is 198 cm³/mol. The molecule has 0 radical (unpaired) electrons. The van der Waals surface area contributed by atoms with Crippen molar-refractivity contribution in [2.24, 2.45) is 22.7 Å². The maximum Gasteiger partial charge on any atom is 0.315 e. The molecule has 3 heterocycles. The van der Waals surface area contributed by atoms with Gasteiger partial charge in [-0.3, -0.25) is 19.2 Å². The number of sulfonamides is 1. The number of carbonyl (C=O) groups excluding carboxylic acids is 5. The number of carbonyl (C=O) groups is 5. The molecule has 1 saturated heterocycles. The van der Waals surface area contributed by atoms with E-state index >= 15 is 0 Å². The Labute approximate surface area is 307 Å². The molecule has 0 saturated carbocycles. The zero-order chi connectivity index (χ0) is 38.5. The normalized spacial score (nSPS) is 20.6. The van der Waals surface area contributed by atoms with E-state index in [2.05, 4.69) is 27.8 Å². The van der Waals surface area contributed by atoms with E-state index < -0.39 is 74.6 Å². The third-order valence-electron chi connectivity index (χ3n) is 9.73. The largest absolute Gasteiger partial charge is 0.346 e. The van der Waals surface area contributed by atoms with Crippen molar-refractivity contribution in [3.05, 3.63) is 29.0 Å². The first-order valence-corrected chi connectivity index (χ1v) is 20.1. The Balaban J connectivity index is 1.83. The number of amides is 5. The molecule has 0 aromatic carbocycles. The molecule has 5 amide bonds. The molecule has 1 aromatic rings. The van der Waals surface area contributed by atoms with Crippen molar-refractivity contribution >= 4 is 50.9 Å². The number of nitrogens with one attached hydrogen (secondary N) is 4. The van der Waals surface area contributed by atoms with Gasteiger partial charge in [-0.25, -0.2) is 13.2 Å². The summed E-state index contributed by atoms with van der Waals surface area (Å²) in [4.78, 5) is 70.4. The predicted octanol–water partition coefficient (Wildman–Crippen LogP) is 3.80. The van der Waals surface area contributed by atoms with Gasteiger partial charge in [-0.15, -0.1) is 17.9 Å². The van der Waals surface area contributed by atoms with E-state index in [1.54, 1.807) is 11.4 Å². The summed E-state index contributed by atoms with van der Waals surface area (Å²) in [5, 5.41) is 12.9. The molecule has 0 spiro atoms. The number of nitrogens with zero attached hydrogens (tertiary/aromatic N) is 2. The number of rotatable bonds is 15. The number of thiophene rings is 1. The van der Waals surface area contributed by atoms with Crippen LogP contribution in [0.15, 0.2) is 29.0 Å². The highest BCUT2D eigenvalue weighted by atomic mass is 32.2. The Morgan fingerprint density at radius 1 is 1.04 bits per heavy atom. The molecular formula is C36H58N6O7S2. The summed E-state index contributed by atoms with van der Waals surface area (Å²) in [5.41, 5.74) is -1.32. The van der Waals surface area contributed by atoms with E-state index in [-0.39, 0.29) is 44.4 Å². The van der Waals surface area contributed by atoms with Gasteiger partial charge in [-0.05, 0) is 47.0 Å². The second-order valence-corrected chi connectivity index (χ2v) is 19.0. The number of hydrogen-bond acceptors (Lipinski definition) is 8. The van der Waals surface area contributed by atoms with E-state index in [1.165, 1.54) is 26.6 Å². The number of Topliss-reactive ketones (excluding diaryl/α,β-unsaturated/α-hetero) is 1. The monoisotopic (exact) mass is 750 g/mol. The van der Waals surface area contributed by atoms with Crippen molar-refractivity contribution in [1.82, 2.24) is 30.5 Å². The maximum atomic E-state index is 14.4. The lowest BCUT2D eigenvalue weighted by Crippen LogP contribution is -2.62. The van der Waals surface area contributed by atoms with Gasteiger partial charge in [0.25, 0.3) is 5.91 Å². The summed E-state index contributed by atoms with van der Waals surface area (Å²) < 4.78 is 27.8. The molecule has 5 atom stereocenters. The van der Waals surface area contributed by atoms with Gasteiger partial charge >= 0.3 is 6.03 Å². The van der Waals surface area contributed by atoms with Gasteiger partial charge in [-0.2, -0.15) is 4.31 Å². The molecule has 4 N–H and O–H groups in total. The second kappa shape index (κ2) is 17.0. The number of unbranched alkanes of at least 4 members (excludes halogenated alkanes) is 1. The molecule has 2 aliphatic heterocycles. The van der Waals surface area contributed by atoms with Crippen LogP contribution in [0.5, 0.6) is 0 Å². The average Bonchev–Trinajstić information content (AvgIpc) is 3.75. The lowest BCUT2D eigenvalue weighted by Gasteiger charge is -2.38. The van der Waals surface area contributed by atoms with Gasteiger partial charge in [0.15, 0.2) is 0 Å². The first-order chi connectivity index (χ1) is 23.6. The standard InChI is InChI=1S/C36H58N6O7S2/c1-11-13-14-24(29(43)32(45)37-17-12-2)38-31(44)28-23(22(3)4)15-18-42(28)33(46)30(36(8,9)10)40-34(47)39-27(35(5,6)7)21-41-20-25-26(16-19-50-25)51(41,48)49/h12,16,19,22-24,27-28,30H,2,11,13-15,17-18,20-21H2,1,3-10H3,(H,37,45)(H,38,44)(H2,39,40,47)/t23-,24?,27-,28+,30-/m1/s1. The quantitative estimate of drug-likeness (QED) is 0.156. The van der Waals surface area contributed by atoms with Crippen LogP contribution in [0.4, 0.5) is 4.79 Å². The van der Waals surface area contributed by atoms with Crippen molar-refractivity contribution in [3.63, 3.8) is 0 Å². The Morgan fingerprint density at radius 2 is 1.71 bits per heavy atom. The fourth-order valence-electron chi connectivity index (χ4n) is 6.55. The van der Waals surface area contributed by atoms with Gasteiger partial charge in [0, 0.05) is 37.1 Å². The Kier molecular flexibility index (Phi) is 14.1. The molecule has 1 unspecified atom stereocenters. The Hall–Kier alpha value is -3.30. The molecule has 0 bridgehead atoms. The van der Waals surface area contributed by atoms with Gasteiger partial charge in [0.1, 0.15) is 12.1 Å². The fourth-order valence-corrected chi connectivity index (χ4v) is 9.47. The SMILES string of the molecule is C=CCNC(=O)C(=O)C(CCCC)NC(=O)[C@@H]1[C@@H](C(C)C)CCN1C(=O)[C@@H](NC(=O)N[C@H](CN1Cc2sccc2S1(=O)=O)C(C)(C)C)C(C)(C)C. The Morgan fingerprint density at radius 3 is 2.25 bits per heavy atom. The van der Waals surface area contributed by atoms with Gasteiger partial charge < -0.3 is 26.2 Å². The third-order valence-corrected chi connectivity index (χ3v) is 12.7. The van der Waals surface area contributed by atoms with Crippen molar-refractivity contribution in [2.45, 2.75) is 124 Å². The maximum absolute atomic E-state index is 14.4. The van der Waals surface area contributed by atoms with Gasteiger partial charge in [0.05, 0.1) is 10.9 Å². The van der Waals surface area contributed by atoms with Gasteiger partial charge in [-0.1, -0.05) is 81.2 Å². The van der Waals surface area contributed by atoms with Crippen LogP contribution < -0.4 is 21.3 Å². The van der Waals surface area contributed by atoms with Crippen LogP contribution in [0.2, 0.25) is 0 Å². The van der Waals surface area contributed by atoms with Crippen LogP contribution in [0.3, 0.4) is 0 Å². The summed E-state index contributed by atoms with van der Waals surface area (Å²) in [7, 11) is -3.69. The topological polar surface area (TPSA) is 174 Å². The number of fused-ring (bicyclic) bond motifs is 1.